The van der Waals surface area contributed by atoms with Crippen molar-refractivity contribution in [2.45, 2.75) is 6.04 Å². The number of phenolic OH excluding ortho intramolecular Hbond substituents is 2. The first-order chi connectivity index (χ1) is 12.8. The molecule has 9 heteroatoms. The van der Waals surface area contributed by atoms with Gasteiger partial charge in [-0.15, -0.1) is 0 Å². The van der Waals surface area contributed by atoms with Crippen molar-refractivity contribution in [1.82, 2.24) is 10.2 Å². The standard InChI is InChI=1S/C18H15N3O6/c19-8-9-21(16(24)12-6-7-13(22)14(23)10-12)18(27)20-15(17(25)26)11-4-2-1-3-5-11/h1-7,10,15,22-23H,9H2,(H,20,27)(H,25,26). The van der Waals surface area contributed by atoms with Gasteiger partial charge >= 0.3 is 12.0 Å². The van der Waals surface area contributed by atoms with Gasteiger partial charge in [-0.1, -0.05) is 30.3 Å². The second-order valence-corrected chi connectivity index (χ2v) is 5.38. The van der Waals surface area contributed by atoms with Crippen LogP contribution in [0, 0.1) is 11.3 Å². The van der Waals surface area contributed by atoms with E-state index in [1.807, 2.05) is 0 Å². The molecule has 0 aliphatic rings. The molecule has 2 rings (SSSR count). The van der Waals surface area contributed by atoms with Gasteiger partial charge in [-0.25, -0.2) is 14.5 Å². The molecule has 0 saturated carbocycles. The molecular formula is C18H15N3O6. The zero-order valence-electron chi connectivity index (χ0n) is 13.9. The zero-order chi connectivity index (χ0) is 20.0. The van der Waals surface area contributed by atoms with Crippen molar-refractivity contribution in [2.75, 3.05) is 6.54 Å². The average Bonchev–Trinajstić information content (AvgIpc) is 2.66. The Labute approximate surface area is 153 Å². The summed E-state index contributed by atoms with van der Waals surface area (Å²) < 4.78 is 0. The number of carbonyl (C=O) groups is 3. The summed E-state index contributed by atoms with van der Waals surface area (Å²) in [5.74, 6) is -3.33. The van der Waals surface area contributed by atoms with Gasteiger partial charge in [0.05, 0.1) is 6.07 Å². The number of benzene rings is 2. The number of imide groups is 1. The minimum Gasteiger partial charge on any atom is -0.504 e. The molecule has 2 aromatic carbocycles. The second-order valence-electron chi connectivity index (χ2n) is 5.38. The Kier molecular flexibility index (Phi) is 5.96. The summed E-state index contributed by atoms with van der Waals surface area (Å²) in [5, 5.41) is 39.3. The number of phenols is 2. The summed E-state index contributed by atoms with van der Waals surface area (Å²) in [6, 6.07) is 10.1. The van der Waals surface area contributed by atoms with Crippen LogP contribution in [0.2, 0.25) is 0 Å². The summed E-state index contributed by atoms with van der Waals surface area (Å²) in [5.41, 5.74) is 0.118. The lowest BCUT2D eigenvalue weighted by atomic mass is 10.1. The second kappa shape index (κ2) is 8.35. The predicted octanol–water partition coefficient (Wildman–Crippen LogP) is 1.60. The van der Waals surface area contributed by atoms with E-state index in [1.165, 1.54) is 12.1 Å². The van der Waals surface area contributed by atoms with Crippen molar-refractivity contribution in [1.29, 1.82) is 5.26 Å². The van der Waals surface area contributed by atoms with Gasteiger partial charge in [0.25, 0.3) is 5.91 Å². The van der Waals surface area contributed by atoms with Crippen molar-refractivity contribution in [3.63, 3.8) is 0 Å². The monoisotopic (exact) mass is 369 g/mol. The van der Waals surface area contributed by atoms with Gasteiger partial charge in [-0.3, -0.25) is 4.79 Å². The van der Waals surface area contributed by atoms with E-state index in [4.69, 9.17) is 5.26 Å². The summed E-state index contributed by atoms with van der Waals surface area (Å²) in [4.78, 5) is 37.0. The van der Waals surface area contributed by atoms with Gasteiger partial charge in [0, 0.05) is 5.56 Å². The Morgan fingerprint density at radius 3 is 2.30 bits per heavy atom. The fourth-order valence-corrected chi connectivity index (χ4v) is 2.25. The van der Waals surface area contributed by atoms with E-state index in [0.717, 1.165) is 18.2 Å². The number of carbonyl (C=O) groups excluding carboxylic acids is 2. The molecule has 0 heterocycles. The first-order valence-electron chi connectivity index (χ1n) is 7.64. The molecule has 0 aromatic heterocycles. The molecule has 0 fully saturated rings. The van der Waals surface area contributed by atoms with Gasteiger partial charge in [0.15, 0.2) is 17.5 Å². The van der Waals surface area contributed by atoms with Crippen molar-refractivity contribution < 1.29 is 29.7 Å². The number of urea groups is 1. The number of amides is 3. The maximum Gasteiger partial charge on any atom is 0.330 e. The van der Waals surface area contributed by atoms with Crippen LogP contribution in [-0.2, 0) is 4.79 Å². The van der Waals surface area contributed by atoms with Crippen LogP contribution in [0.25, 0.3) is 0 Å². The predicted molar refractivity (Wildman–Crippen MR) is 91.8 cm³/mol. The third-order valence-corrected chi connectivity index (χ3v) is 3.59. The zero-order valence-corrected chi connectivity index (χ0v) is 13.9. The summed E-state index contributed by atoms with van der Waals surface area (Å²) >= 11 is 0. The van der Waals surface area contributed by atoms with E-state index < -0.39 is 42.0 Å². The molecule has 0 aliphatic heterocycles. The molecule has 27 heavy (non-hydrogen) atoms. The molecule has 138 valence electrons. The third kappa shape index (κ3) is 4.52. The number of hydrogen-bond acceptors (Lipinski definition) is 6. The van der Waals surface area contributed by atoms with Gasteiger partial charge in [0.2, 0.25) is 0 Å². The number of nitriles is 1. The summed E-state index contributed by atoms with van der Waals surface area (Å²) in [6.45, 7) is -0.645. The average molecular weight is 369 g/mol. The normalized spacial score (nSPS) is 11.1. The minimum absolute atomic E-state index is 0.165. The van der Waals surface area contributed by atoms with Crippen LogP contribution in [0.3, 0.4) is 0 Å². The van der Waals surface area contributed by atoms with E-state index in [0.29, 0.717) is 4.90 Å². The van der Waals surface area contributed by atoms with Gasteiger partial charge < -0.3 is 20.6 Å². The molecule has 3 amide bonds. The van der Waals surface area contributed by atoms with Crippen LogP contribution in [0.15, 0.2) is 48.5 Å². The number of aromatic hydroxyl groups is 2. The molecule has 0 saturated heterocycles. The lowest BCUT2D eigenvalue weighted by Crippen LogP contribution is -2.46. The van der Waals surface area contributed by atoms with E-state index in [1.54, 1.807) is 24.3 Å². The van der Waals surface area contributed by atoms with Crippen LogP contribution in [0.5, 0.6) is 11.5 Å². The lowest BCUT2D eigenvalue weighted by molar-refractivity contribution is -0.139. The Hall–Kier alpha value is -4.06. The number of rotatable bonds is 5. The molecule has 4 N–H and O–H groups in total. The number of nitrogens with one attached hydrogen (secondary N) is 1. The highest BCUT2D eigenvalue weighted by molar-refractivity contribution is 6.05. The van der Waals surface area contributed by atoms with E-state index in [-0.39, 0.29) is 11.1 Å². The van der Waals surface area contributed by atoms with Crippen molar-refractivity contribution in [3.8, 4) is 17.6 Å². The molecule has 1 atom stereocenters. The smallest absolute Gasteiger partial charge is 0.330 e. The third-order valence-electron chi connectivity index (χ3n) is 3.59. The number of aliphatic carboxylic acids is 1. The molecule has 0 radical (unpaired) electrons. The Balaban J connectivity index is 2.28. The molecule has 0 aliphatic carbocycles. The maximum atomic E-state index is 12.5. The van der Waals surface area contributed by atoms with Crippen LogP contribution < -0.4 is 5.32 Å². The molecule has 9 nitrogen and oxygen atoms in total. The highest BCUT2D eigenvalue weighted by Gasteiger charge is 2.28. The number of hydrogen-bond donors (Lipinski definition) is 4. The van der Waals surface area contributed by atoms with Crippen LogP contribution in [-0.4, -0.2) is 44.7 Å². The van der Waals surface area contributed by atoms with Gasteiger partial charge in [-0.2, -0.15) is 5.26 Å². The molecule has 0 bridgehead atoms. The first kappa shape index (κ1) is 19.3. The number of nitrogens with zero attached hydrogens (tertiary/aromatic N) is 2. The number of carboxylic acids is 1. The number of carboxylic acid groups (broad SMARTS) is 1. The molecule has 1 unspecified atom stereocenters. The highest BCUT2D eigenvalue weighted by Crippen LogP contribution is 2.25. The molecule has 0 spiro atoms. The van der Waals surface area contributed by atoms with Crippen LogP contribution >= 0.6 is 0 Å². The largest absolute Gasteiger partial charge is 0.504 e. The highest BCUT2D eigenvalue weighted by atomic mass is 16.4. The lowest BCUT2D eigenvalue weighted by Gasteiger charge is -2.22. The molecular weight excluding hydrogens is 354 g/mol. The van der Waals surface area contributed by atoms with Crippen LogP contribution in [0.4, 0.5) is 4.79 Å². The topological polar surface area (TPSA) is 151 Å². The van der Waals surface area contributed by atoms with Crippen LogP contribution in [0.1, 0.15) is 22.0 Å². The Bertz CT molecular complexity index is 907. The van der Waals surface area contributed by atoms with Crippen molar-refractivity contribution >= 4 is 17.9 Å². The summed E-state index contributed by atoms with van der Waals surface area (Å²) in [6.07, 6.45) is 0. The fraction of sp³-hybridized carbons (Fsp3) is 0.111. The minimum atomic E-state index is -1.43. The van der Waals surface area contributed by atoms with Crippen molar-refractivity contribution in [3.05, 3.63) is 59.7 Å². The van der Waals surface area contributed by atoms with Crippen molar-refractivity contribution in [2.24, 2.45) is 0 Å². The maximum absolute atomic E-state index is 12.5. The fourth-order valence-electron chi connectivity index (χ4n) is 2.25. The molecule has 2 aromatic rings. The Morgan fingerprint density at radius 2 is 1.74 bits per heavy atom. The first-order valence-corrected chi connectivity index (χ1v) is 7.64. The Morgan fingerprint density at radius 1 is 1.07 bits per heavy atom. The summed E-state index contributed by atoms with van der Waals surface area (Å²) in [7, 11) is 0. The SMILES string of the molecule is N#CCN(C(=O)NC(C(=O)O)c1ccccc1)C(=O)c1ccc(O)c(O)c1. The van der Waals surface area contributed by atoms with Gasteiger partial charge in [0.1, 0.15) is 6.54 Å². The van der Waals surface area contributed by atoms with E-state index in [9.17, 15) is 29.7 Å². The van der Waals surface area contributed by atoms with E-state index >= 15 is 0 Å². The quantitative estimate of drug-likeness (QED) is 0.461. The van der Waals surface area contributed by atoms with E-state index in [2.05, 4.69) is 5.32 Å². The van der Waals surface area contributed by atoms with Gasteiger partial charge in [-0.05, 0) is 23.8 Å².